The van der Waals surface area contributed by atoms with Gasteiger partial charge in [0, 0.05) is 50.1 Å². The highest BCUT2D eigenvalue weighted by atomic mass is 16.2. The van der Waals surface area contributed by atoms with E-state index in [1.807, 2.05) is 19.2 Å². The number of nitrogens with one attached hydrogen (secondary N) is 1. The second kappa shape index (κ2) is 7.55. The number of nitrogens with zero attached hydrogens (tertiary/aromatic N) is 5. The topological polar surface area (TPSA) is 75.9 Å². The van der Waals surface area contributed by atoms with E-state index in [2.05, 4.69) is 54.2 Å². The molecule has 1 fully saturated rings. The molecule has 1 aromatic carbocycles. The Morgan fingerprint density at radius 1 is 1.17 bits per heavy atom. The summed E-state index contributed by atoms with van der Waals surface area (Å²) < 4.78 is 2.20. The van der Waals surface area contributed by atoms with E-state index in [4.69, 9.17) is 0 Å². The van der Waals surface area contributed by atoms with E-state index < -0.39 is 0 Å². The van der Waals surface area contributed by atoms with Gasteiger partial charge in [-0.1, -0.05) is 18.2 Å². The number of carbonyl (C=O) groups is 1. The minimum Gasteiger partial charge on any atom is -0.346 e. The maximum absolute atomic E-state index is 12.1. The quantitative estimate of drug-likeness (QED) is 0.724. The summed E-state index contributed by atoms with van der Waals surface area (Å²) >= 11 is 0. The van der Waals surface area contributed by atoms with Crippen LogP contribution in [0.2, 0.25) is 0 Å². The minimum absolute atomic E-state index is 0.111. The first-order valence-corrected chi connectivity index (χ1v) is 10.5. The Bertz CT molecular complexity index is 1040. The number of benzene rings is 1. The van der Waals surface area contributed by atoms with Crippen LogP contribution >= 0.6 is 0 Å². The van der Waals surface area contributed by atoms with Crippen LogP contribution in [0.3, 0.4) is 0 Å². The molecule has 3 aromatic rings. The number of hydrogen-bond acceptors (Lipinski definition) is 5. The third kappa shape index (κ3) is 3.74. The molecule has 0 bridgehead atoms. The Labute approximate surface area is 170 Å². The Hall–Kier alpha value is -2.80. The van der Waals surface area contributed by atoms with Crippen molar-refractivity contribution in [3.63, 3.8) is 0 Å². The molecule has 2 aromatic heterocycles. The molecule has 1 aliphatic heterocycles. The summed E-state index contributed by atoms with van der Waals surface area (Å²) in [5.74, 6) is 2.23. The molecule has 1 saturated carbocycles. The third-order valence-corrected chi connectivity index (χ3v) is 5.97. The molecule has 0 saturated heterocycles. The van der Waals surface area contributed by atoms with Gasteiger partial charge in [-0.05, 0) is 37.5 Å². The molecule has 1 N–H and O–H groups in total. The zero-order chi connectivity index (χ0) is 19.8. The molecule has 0 radical (unpaired) electrons. The molecule has 1 aliphatic carbocycles. The van der Waals surface area contributed by atoms with Crippen molar-refractivity contribution < 1.29 is 4.79 Å². The Kier molecular flexibility index (Phi) is 4.75. The summed E-state index contributed by atoms with van der Waals surface area (Å²) in [7, 11) is 0. The van der Waals surface area contributed by atoms with Gasteiger partial charge in [-0.2, -0.15) is 0 Å². The highest BCUT2D eigenvalue weighted by Gasteiger charge is 2.31. The molecule has 3 heterocycles. The van der Waals surface area contributed by atoms with E-state index in [1.165, 1.54) is 10.9 Å². The molecule has 7 nitrogen and oxygen atoms in total. The molecule has 29 heavy (non-hydrogen) atoms. The van der Waals surface area contributed by atoms with Crippen LogP contribution in [0.5, 0.6) is 0 Å². The van der Waals surface area contributed by atoms with E-state index in [0.29, 0.717) is 0 Å². The van der Waals surface area contributed by atoms with Gasteiger partial charge in [-0.3, -0.25) is 14.7 Å². The van der Waals surface area contributed by atoms with Crippen LogP contribution in [0.1, 0.15) is 43.0 Å². The van der Waals surface area contributed by atoms with Crippen molar-refractivity contribution in [1.82, 2.24) is 30.0 Å². The van der Waals surface area contributed by atoms with Gasteiger partial charge in [-0.25, -0.2) is 0 Å². The lowest BCUT2D eigenvalue weighted by atomic mass is 10.1. The highest BCUT2D eigenvalue weighted by molar-refractivity contribution is 5.82. The van der Waals surface area contributed by atoms with Gasteiger partial charge in [0.15, 0.2) is 5.82 Å². The molecular formula is C22H26N6O. The first-order valence-electron chi connectivity index (χ1n) is 10.5. The van der Waals surface area contributed by atoms with Crippen molar-refractivity contribution in [3.05, 3.63) is 53.7 Å². The molecular weight excluding hydrogens is 364 g/mol. The zero-order valence-electron chi connectivity index (χ0n) is 16.7. The summed E-state index contributed by atoms with van der Waals surface area (Å²) in [6.45, 7) is 5.60. The van der Waals surface area contributed by atoms with E-state index in [1.54, 1.807) is 0 Å². The van der Waals surface area contributed by atoms with E-state index in [0.717, 1.165) is 62.6 Å². The summed E-state index contributed by atoms with van der Waals surface area (Å²) in [5, 5.41) is 13.1. The number of pyridine rings is 1. The number of aromatic nitrogens is 4. The lowest BCUT2D eigenvalue weighted by molar-refractivity contribution is -0.123. The fraction of sp³-hybridized carbons (Fsp3) is 0.455. The Balaban J connectivity index is 1.29. The van der Waals surface area contributed by atoms with E-state index >= 15 is 0 Å². The Morgan fingerprint density at radius 3 is 2.90 bits per heavy atom. The molecule has 7 heteroatoms. The molecule has 1 unspecified atom stereocenters. The van der Waals surface area contributed by atoms with Gasteiger partial charge in [0.05, 0.1) is 11.6 Å². The van der Waals surface area contributed by atoms with Gasteiger partial charge in [0.1, 0.15) is 5.82 Å². The van der Waals surface area contributed by atoms with Crippen LogP contribution in [-0.4, -0.2) is 43.6 Å². The molecule has 1 amide bonds. The van der Waals surface area contributed by atoms with Crippen LogP contribution in [0.25, 0.3) is 10.9 Å². The zero-order valence-corrected chi connectivity index (χ0v) is 16.7. The maximum atomic E-state index is 12.1. The van der Waals surface area contributed by atoms with Crippen LogP contribution in [0, 0.1) is 5.92 Å². The largest absolute Gasteiger partial charge is 0.346 e. The lowest BCUT2D eigenvalue weighted by Gasteiger charge is -2.21. The summed E-state index contributed by atoms with van der Waals surface area (Å²) in [5.41, 5.74) is 2.35. The fourth-order valence-corrected chi connectivity index (χ4v) is 4.14. The minimum atomic E-state index is -0.111. The number of hydrogen-bond donors (Lipinski definition) is 1. The van der Waals surface area contributed by atoms with Gasteiger partial charge in [-0.15, -0.1) is 10.2 Å². The van der Waals surface area contributed by atoms with Crippen LogP contribution in [-0.2, 0) is 24.3 Å². The van der Waals surface area contributed by atoms with Gasteiger partial charge in [0.25, 0.3) is 0 Å². The van der Waals surface area contributed by atoms with Gasteiger partial charge >= 0.3 is 0 Å². The normalized spacial score (nSPS) is 18.2. The predicted octanol–water partition coefficient (Wildman–Crippen LogP) is 2.47. The average Bonchev–Trinajstić information content (AvgIpc) is 3.53. The van der Waals surface area contributed by atoms with Gasteiger partial charge in [0.2, 0.25) is 5.91 Å². The summed E-state index contributed by atoms with van der Waals surface area (Å²) in [6, 6.07) is 10.3. The van der Waals surface area contributed by atoms with Crippen molar-refractivity contribution in [2.75, 3.05) is 13.1 Å². The number of fused-ring (bicyclic) bond motifs is 2. The molecule has 2 aliphatic rings. The molecule has 5 rings (SSSR count). The second-order valence-electron chi connectivity index (χ2n) is 8.14. The number of carbonyl (C=O) groups excluding carboxylic acids is 1. The molecule has 0 spiro atoms. The lowest BCUT2D eigenvalue weighted by Crippen LogP contribution is -2.31. The monoisotopic (exact) mass is 390 g/mol. The number of para-hydroxylation sites is 1. The average molecular weight is 390 g/mol. The van der Waals surface area contributed by atoms with Crippen molar-refractivity contribution >= 4 is 16.8 Å². The standard InChI is InChI=1S/C22H26N6O/c1-15(24-22(29)16-6-7-16)21-26-25-20-9-11-27(12-13-28(20)21)14-17-8-10-23-19-5-3-2-4-18(17)19/h2-5,8,10,15-16H,6-7,9,11-14H2,1H3,(H,24,29). The fourth-order valence-electron chi connectivity index (χ4n) is 4.14. The van der Waals surface area contributed by atoms with Gasteiger partial charge < -0.3 is 9.88 Å². The van der Waals surface area contributed by atoms with Crippen LogP contribution < -0.4 is 5.32 Å². The van der Waals surface area contributed by atoms with Crippen molar-refractivity contribution in [1.29, 1.82) is 0 Å². The second-order valence-corrected chi connectivity index (χ2v) is 8.14. The number of amides is 1. The SMILES string of the molecule is CC(NC(=O)C1CC1)c1nnc2n1CCN(Cc1ccnc3ccccc13)CC2. The van der Waals surface area contributed by atoms with E-state index in [9.17, 15) is 4.79 Å². The first kappa shape index (κ1) is 18.2. The van der Waals surface area contributed by atoms with E-state index in [-0.39, 0.29) is 17.9 Å². The smallest absolute Gasteiger partial charge is 0.223 e. The summed E-state index contributed by atoms with van der Waals surface area (Å²) in [4.78, 5) is 19.1. The van der Waals surface area contributed by atoms with Crippen molar-refractivity contribution in [2.24, 2.45) is 5.92 Å². The van der Waals surface area contributed by atoms with Crippen molar-refractivity contribution in [2.45, 2.75) is 45.3 Å². The molecule has 1 atom stereocenters. The molecule has 150 valence electrons. The number of rotatable bonds is 5. The maximum Gasteiger partial charge on any atom is 0.223 e. The summed E-state index contributed by atoms with van der Waals surface area (Å²) in [6.07, 6.45) is 4.77. The first-order chi connectivity index (χ1) is 14.2. The van der Waals surface area contributed by atoms with Crippen LogP contribution in [0.4, 0.5) is 0 Å². The Morgan fingerprint density at radius 2 is 2.03 bits per heavy atom. The highest BCUT2D eigenvalue weighted by Crippen LogP contribution is 2.30. The van der Waals surface area contributed by atoms with Crippen molar-refractivity contribution in [3.8, 4) is 0 Å². The van der Waals surface area contributed by atoms with Crippen LogP contribution in [0.15, 0.2) is 36.5 Å². The third-order valence-electron chi connectivity index (χ3n) is 5.97. The predicted molar refractivity (Wildman–Crippen MR) is 110 cm³/mol.